The van der Waals surface area contributed by atoms with Crippen LogP contribution in [0.15, 0.2) is 48.5 Å². The van der Waals surface area contributed by atoms with Gasteiger partial charge in [-0.15, -0.1) is 0 Å². The van der Waals surface area contributed by atoms with Crippen LogP contribution in [0.25, 0.3) is 0 Å². The van der Waals surface area contributed by atoms with Crippen LogP contribution < -0.4 is 9.47 Å². The molecule has 0 radical (unpaired) electrons. The van der Waals surface area contributed by atoms with E-state index in [4.69, 9.17) is 14.2 Å². The van der Waals surface area contributed by atoms with Crippen LogP contribution in [-0.2, 0) is 16.1 Å². The number of hydrogen-bond donors (Lipinski definition) is 0. The summed E-state index contributed by atoms with van der Waals surface area (Å²) in [5.41, 5.74) is 2.51. The van der Waals surface area contributed by atoms with E-state index < -0.39 is 0 Å². The van der Waals surface area contributed by atoms with Gasteiger partial charge in [-0.25, -0.2) is 0 Å². The topological polar surface area (TPSA) is 51.2 Å². The fourth-order valence-corrected chi connectivity index (χ4v) is 5.22. The number of ether oxygens (including phenoxy) is 3. The van der Waals surface area contributed by atoms with Gasteiger partial charge in [0.15, 0.2) is 0 Å². The monoisotopic (exact) mass is 424 g/mol. The Morgan fingerprint density at radius 3 is 2.48 bits per heavy atom. The Morgan fingerprint density at radius 2 is 1.77 bits per heavy atom. The van der Waals surface area contributed by atoms with Gasteiger partial charge in [-0.1, -0.05) is 30.3 Å². The van der Waals surface area contributed by atoms with E-state index >= 15 is 0 Å². The number of nitrogens with zero attached hydrogens (tertiary/aromatic N) is 2. The molecule has 0 saturated carbocycles. The Hall–Kier alpha value is -2.57. The zero-order valence-corrected chi connectivity index (χ0v) is 18.6. The Bertz CT molecular complexity index is 885. The summed E-state index contributed by atoms with van der Waals surface area (Å²) < 4.78 is 16.0. The molecule has 0 N–H and O–H groups in total. The van der Waals surface area contributed by atoms with Crippen molar-refractivity contribution in [3.63, 3.8) is 0 Å². The molecule has 2 aromatic carbocycles. The highest BCUT2D eigenvalue weighted by atomic mass is 16.5. The molecular formula is C25H32N2O4. The first-order valence-corrected chi connectivity index (χ1v) is 10.9. The molecule has 6 nitrogen and oxygen atoms in total. The lowest BCUT2D eigenvalue weighted by molar-refractivity contribution is -0.137. The van der Waals surface area contributed by atoms with E-state index in [-0.39, 0.29) is 12.5 Å². The third-order valence-electron chi connectivity index (χ3n) is 6.77. The van der Waals surface area contributed by atoms with Crippen molar-refractivity contribution in [2.45, 2.75) is 24.9 Å². The van der Waals surface area contributed by atoms with Crippen LogP contribution in [0, 0.1) is 5.92 Å². The Labute approximate surface area is 184 Å². The van der Waals surface area contributed by atoms with Gasteiger partial charge >= 0.3 is 0 Å². The molecule has 31 heavy (non-hydrogen) atoms. The number of benzene rings is 2. The smallest absolute Gasteiger partial charge is 0.248 e. The summed E-state index contributed by atoms with van der Waals surface area (Å²) in [7, 11) is 5.00. The number of piperidine rings is 1. The lowest BCUT2D eigenvalue weighted by atomic mass is 9.81. The van der Waals surface area contributed by atoms with Crippen LogP contribution in [0.1, 0.15) is 23.5 Å². The van der Waals surface area contributed by atoms with E-state index in [1.54, 1.807) is 21.3 Å². The van der Waals surface area contributed by atoms with E-state index in [2.05, 4.69) is 29.2 Å². The zero-order valence-electron chi connectivity index (χ0n) is 18.6. The molecule has 2 aliphatic rings. The molecule has 1 amide bonds. The second kappa shape index (κ2) is 9.71. The van der Waals surface area contributed by atoms with Crippen molar-refractivity contribution in [3.8, 4) is 11.5 Å². The number of carbonyl (C=O) groups excluding carboxylic acids is 1. The second-order valence-electron chi connectivity index (χ2n) is 8.41. The minimum absolute atomic E-state index is 0.0811. The van der Waals surface area contributed by atoms with Crippen molar-refractivity contribution >= 4 is 5.91 Å². The van der Waals surface area contributed by atoms with Gasteiger partial charge in [0.1, 0.15) is 18.1 Å². The fourth-order valence-electron chi connectivity index (χ4n) is 5.22. The number of fused-ring (bicyclic) bond motifs is 1. The maximum absolute atomic E-state index is 12.5. The van der Waals surface area contributed by atoms with Gasteiger partial charge in [-0.2, -0.15) is 0 Å². The number of amides is 1. The third kappa shape index (κ3) is 4.55. The predicted octanol–water partition coefficient (Wildman–Crippen LogP) is 3.17. The van der Waals surface area contributed by atoms with Crippen LogP contribution >= 0.6 is 0 Å². The van der Waals surface area contributed by atoms with Gasteiger partial charge < -0.3 is 19.1 Å². The maximum Gasteiger partial charge on any atom is 0.248 e. The summed E-state index contributed by atoms with van der Waals surface area (Å²) in [6.45, 7) is 3.51. The van der Waals surface area contributed by atoms with Gasteiger partial charge in [0.2, 0.25) is 5.91 Å². The van der Waals surface area contributed by atoms with Crippen LogP contribution in [0.5, 0.6) is 11.5 Å². The van der Waals surface area contributed by atoms with Crippen molar-refractivity contribution in [1.29, 1.82) is 0 Å². The largest absolute Gasteiger partial charge is 0.497 e. The number of methoxy groups -OCH3 is 3. The molecule has 2 aromatic rings. The van der Waals surface area contributed by atoms with E-state index in [9.17, 15) is 4.79 Å². The van der Waals surface area contributed by atoms with Gasteiger partial charge in [0.25, 0.3) is 0 Å². The highest BCUT2D eigenvalue weighted by Crippen LogP contribution is 2.43. The molecule has 0 aromatic heterocycles. The van der Waals surface area contributed by atoms with E-state index in [1.165, 1.54) is 11.1 Å². The van der Waals surface area contributed by atoms with E-state index in [1.807, 2.05) is 29.2 Å². The Morgan fingerprint density at radius 1 is 1.00 bits per heavy atom. The molecule has 2 aliphatic heterocycles. The fraction of sp³-hybridized carbons (Fsp3) is 0.480. The number of para-hydroxylation sites is 1. The third-order valence-corrected chi connectivity index (χ3v) is 6.77. The summed E-state index contributed by atoms with van der Waals surface area (Å²) in [4.78, 5) is 17.1. The number of rotatable bonds is 7. The van der Waals surface area contributed by atoms with Gasteiger partial charge in [-0.3, -0.25) is 9.69 Å². The maximum atomic E-state index is 12.5. The average molecular weight is 425 g/mol. The van der Waals surface area contributed by atoms with Crippen LogP contribution in [-0.4, -0.2) is 69.3 Å². The molecule has 6 heteroatoms. The molecule has 2 saturated heterocycles. The van der Waals surface area contributed by atoms with Crippen LogP contribution in [0.4, 0.5) is 0 Å². The zero-order chi connectivity index (χ0) is 21.8. The summed E-state index contributed by atoms with van der Waals surface area (Å²) in [5.74, 6) is 2.63. The van der Waals surface area contributed by atoms with E-state index in [0.29, 0.717) is 17.9 Å². The van der Waals surface area contributed by atoms with Crippen molar-refractivity contribution in [3.05, 3.63) is 59.7 Å². The molecule has 0 spiro atoms. The lowest BCUT2D eigenvalue weighted by Crippen LogP contribution is -2.49. The SMILES string of the molecule is COCC(=O)N1CC[C@@H]2[C@H](C1)[C@@H](c1ccc(OC)cc1)CN2Cc1ccccc1OC. The van der Waals surface area contributed by atoms with E-state index in [0.717, 1.165) is 44.1 Å². The van der Waals surface area contributed by atoms with Gasteiger partial charge in [0, 0.05) is 56.7 Å². The molecule has 166 valence electrons. The number of carbonyl (C=O) groups is 1. The number of hydrogen-bond acceptors (Lipinski definition) is 5. The number of likely N-dealkylation sites (tertiary alicyclic amines) is 2. The highest BCUT2D eigenvalue weighted by Gasteiger charge is 2.45. The summed E-state index contributed by atoms with van der Waals surface area (Å²) >= 11 is 0. The molecule has 2 heterocycles. The summed E-state index contributed by atoms with van der Waals surface area (Å²) in [6.07, 6.45) is 0.974. The Balaban J connectivity index is 1.59. The second-order valence-corrected chi connectivity index (χ2v) is 8.41. The molecular weight excluding hydrogens is 392 g/mol. The van der Waals surface area contributed by atoms with Crippen LogP contribution in [0.3, 0.4) is 0 Å². The molecule has 3 atom stereocenters. The lowest BCUT2D eigenvalue weighted by Gasteiger charge is -2.39. The van der Waals surface area contributed by atoms with Crippen molar-refractivity contribution in [2.24, 2.45) is 5.92 Å². The summed E-state index contributed by atoms with van der Waals surface area (Å²) in [5, 5.41) is 0. The van der Waals surface area contributed by atoms with Crippen LogP contribution in [0.2, 0.25) is 0 Å². The summed E-state index contributed by atoms with van der Waals surface area (Å²) in [6, 6.07) is 17.1. The van der Waals surface area contributed by atoms with Crippen molar-refractivity contribution < 1.29 is 19.0 Å². The highest BCUT2D eigenvalue weighted by molar-refractivity contribution is 5.77. The quantitative estimate of drug-likeness (QED) is 0.683. The molecule has 0 unspecified atom stereocenters. The van der Waals surface area contributed by atoms with Gasteiger partial charge in [-0.05, 0) is 30.2 Å². The standard InChI is InChI=1S/C25H32N2O4/c1-29-17-25(28)26-13-12-23-22(16-26)21(18-8-10-20(30-2)11-9-18)15-27(23)14-19-6-4-5-7-24(19)31-3/h4-11,21-23H,12-17H2,1-3H3/t21-,22-,23-/m1/s1. The average Bonchev–Trinajstić information content (AvgIpc) is 3.17. The minimum Gasteiger partial charge on any atom is -0.497 e. The molecule has 0 aliphatic carbocycles. The first kappa shape index (κ1) is 21.7. The molecule has 2 fully saturated rings. The first-order chi connectivity index (χ1) is 15.1. The molecule has 4 rings (SSSR count). The van der Waals surface area contributed by atoms with Crippen molar-refractivity contribution in [2.75, 3.05) is 47.6 Å². The first-order valence-electron chi connectivity index (χ1n) is 10.9. The van der Waals surface area contributed by atoms with Gasteiger partial charge in [0.05, 0.1) is 14.2 Å². The normalized spacial score (nSPS) is 23.5. The minimum atomic E-state index is 0.0811. The predicted molar refractivity (Wildman–Crippen MR) is 119 cm³/mol. The Kier molecular flexibility index (Phi) is 6.78. The van der Waals surface area contributed by atoms with Crippen molar-refractivity contribution in [1.82, 2.24) is 9.80 Å². The molecule has 0 bridgehead atoms.